The number of nitrogens with zero attached hydrogens (tertiary/aromatic N) is 2. The highest BCUT2D eigenvalue weighted by Crippen LogP contribution is 2.38. The van der Waals surface area contributed by atoms with Crippen molar-refractivity contribution in [3.8, 4) is 0 Å². The summed E-state index contributed by atoms with van der Waals surface area (Å²) in [5.74, 6) is 0. The fourth-order valence-corrected chi connectivity index (χ4v) is 2.20. The Balaban J connectivity index is 2.76. The predicted molar refractivity (Wildman–Crippen MR) is 47.4 cm³/mol. The molecule has 0 aliphatic heterocycles. The standard InChI is InChI=1S/C7H2ClF3N2S/c8-6-5-4(12-2-13-6)3(1-14-5)7(9,10)11/h1-2H. The van der Waals surface area contributed by atoms with E-state index in [1.165, 1.54) is 0 Å². The van der Waals surface area contributed by atoms with Gasteiger partial charge in [0.1, 0.15) is 11.5 Å². The van der Waals surface area contributed by atoms with Crippen LogP contribution >= 0.6 is 22.9 Å². The van der Waals surface area contributed by atoms with Gasteiger partial charge >= 0.3 is 6.18 Å². The maximum Gasteiger partial charge on any atom is 0.419 e. The number of alkyl halides is 3. The van der Waals surface area contributed by atoms with E-state index >= 15 is 0 Å². The minimum atomic E-state index is -4.39. The van der Waals surface area contributed by atoms with Crippen LogP contribution < -0.4 is 0 Å². The lowest BCUT2D eigenvalue weighted by Crippen LogP contribution is -2.03. The zero-order chi connectivity index (χ0) is 10.3. The van der Waals surface area contributed by atoms with E-state index < -0.39 is 11.7 Å². The summed E-state index contributed by atoms with van der Waals surface area (Å²) >= 11 is 6.50. The Labute approximate surface area is 85.4 Å². The second kappa shape index (κ2) is 3.06. The van der Waals surface area contributed by atoms with Crippen LogP contribution in [-0.4, -0.2) is 9.97 Å². The van der Waals surface area contributed by atoms with Crippen LogP contribution in [0.4, 0.5) is 13.2 Å². The molecule has 0 N–H and O–H groups in total. The average molecular weight is 239 g/mol. The Morgan fingerprint density at radius 2 is 2.00 bits per heavy atom. The number of aromatic nitrogens is 2. The van der Waals surface area contributed by atoms with Crippen LogP contribution in [0.15, 0.2) is 11.7 Å². The topological polar surface area (TPSA) is 25.8 Å². The summed E-state index contributed by atoms with van der Waals surface area (Å²) < 4.78 is 37.4. The summed E-state index contributed by atoms with van der Waals surface area (Å²) in [6.07, 6.45) is -3.37. The van der Waals surface area contributed by atoms with Gasteiger partial charge in [-0.3, -0.25) is 0 Å². The van der Waals surface area contributed by atoms with Gasteiger partial charge < -0.3 is 0 Å². The molecule has 0 aromatic carbocycles. The van der Waals surface area contributed by atoms with Crippen LogP contribution in [0.2, 0.25) is 5.15 Å². The number of rotatable bonds is 0. The molecule has 2 aromatic heterocycles. The molecule has 14 heavy (non-hydrogen) atoms. The summed E-state index contributed by atoms with van der Waals surface area (Å²) in [5, 5.41) is 1.04. The molecule has 0 fully saturated rings. The molecule has 0 atom stereocenters. The Kier molecular flexibility index (Phi) is 2.11. The number of halogens is 4. The van der Waals surface area contributed by atoms with Crippen molar-refractivity contribution in [1.82, 2.24) is 9.97 Å². The quantitative estimate of drug-likeness (QED) is 0.658. The van der Waals surface area contributed by atoms with Gasteiger partial charge in [-0.1, -0.05) is 11.6 Å². The molecule has 2 heterocycles. The monoisotopic (exact) mass is 238 g/mol. The van der Waals surface area contributed by atoms with Crippen molar-refractivity contribution in [1.29, 1.82) is 0 Å². The zero-order valence-electron chi connectivity index (χ0n) is 6.47. The Morgan fingerprint density at radius 1 is 1.29 bits per heavy atom. The van der Waals surface area contributed by atoms with Crippen molar-refractivity contribution >= 4 is 33.2 Å². The molecule has 0 unspecified atom stereocenters. The summed E-state index contributed by atoms with van der Waals surface area (Å²) in [5.41, 5.74) is -0.899. The fourth-order valence-electron chi connectivity index (χ4n) is 1.02. The van der Waals surface area contributed by atoms with E-state index in [4.69, 9.17) is 11.6 Å². The second-order valence-electron chi connectivity index (χ2n) is 2.49. The maximum absolute atomic E-state index is 12.4. The van der Waals surface area contributed by atoms with Gasteiger partial charge in [0.05, 0.1) is 15.8 Å². The van der Waals surface area contributed by atoms with Crippen LogP contribution in [0.25, 0.3) is 10.2 Å². The van der Waals surface area contributed by atoms with Gasteiger partial charge in [-0.15, -0.1) is 11.3 Å². The van der Waals surface area contributed by atoms with Crippen LogP contribution in [0, 0.1) is 0 Å². The molecule has 2 aromatic rings. The third-order valence-electron chi connectivity index (χ3n) is 1.62. The lowest BCUT2D eigenvalue weighted by atomic mass is 10.3. The molecule has 7 heteroatoms. The highest BCUT2D eigenvalue weighted by molar-refractivity contribution is 7.18. The first kappa shape index (κ1) is 9.67. The SMILES string of the molecule is FC(F)(F)c1csc2c(Cl)ncnc12. The minimum absolute atomic E-state index is 0.0514. The third kappa shape index (κ3) is 1.44. The summed E-state index contributed by atoms with van der Waals surface area (Å²) in [7, 11) is 0. The van der Waals surface area contributed by atoms with Gasteiger partial charge in [0, 0.05) is 5.38 Å². The fraction of sp³-hybridized carbons (Fsp3) is 0.143. The number of hydrogen-bond acceptors (Lipinski definition) is 3. The van der Waals surface area contributed by atoms with E-state index in [9.17, 15) is 13.2 Å². The van der Waals surface area contributed by atoms with Crippen LogP contribution in [0.1, 0.15) is 5.56 Å². The van der Waals surface area contributed by atoms with Crippen LogP contribution in [0.3, 0.4) is 0 Å². The molecule has 2 nitrogen and oxygen atoms in total. The van der Waals surface area contributed by atoms with E-state index in [1.54, 1.807) is 0 Å². The van der Waals surface area contributed by atoms with E-state index in [2.05, 4.69) is 9.97 Å². The zero-order valence-corrected chi connectivity index (χ0v) is 8.04. The summed E-state index contributed by atoms with van der Waals surface area (Å²) in [4.78, 5) is 7.16. The molecule has 0 amide bonds. The molecule has 74 valence electrons. The van der Waals surface area contributed by atoms with Crippen molar-refractivity contribution in [2.45, 2.75) is 6.18 Å². The first-order chi connectivity index (χ1) is 6.50. The van der Waals surface area contributed by atoms with E-state index in [1.807, 2.05) is 0 Å². The highest BCUT2D eigenvalue weighted by atomic mass is 35.5. The average Bonchev–Trinajstić information content (AvgIpc) is 2.47. The molecule has 0 bridgehead atoms. The molecule has 0 aliphatic rings. The summed E-state index contributed by atoms with van der Waals surface area (Å²) in [6, 6.07) is 0. The smallest absolute Gasteiger partial charge is 0.235 e. The van der Waals surface area contributed by atoms with Crippen molar-refractivity contribution in [2.24, 2.45) is 0 Å². The van der Waals surface area contributed by atoms with Gasteiger partial charge in [-0.05, 0) is 0 Å². The van der Waals surface area contributed by atoms with Gasteiger partial charge in [-0.2, -0.15) is 13.2 Å². The third-order valence-corrected chi connectivity index (χ3v) is 2.99. The van der Waals surface area contributed by atoms with Crippen LogP contribution in [-0.2, 0) is 6.18 Å². The van der Waals surface area contributed by atoms with E-state index in [0.717, 1.165) is 23.0 Å². The Morgan fingerprint density at radius 3 is 2.64 bits per heavy atom. The normalized spacial score (nSPS) is 12.3. The molecular weight excluding hydrogens is 237 g/mol. The molecule has 0 aliphatic carbocycles. The molecule has 0 saturated heterocycles. The molecule has 0 radical (unpaired) electrons. The van der Waals surface area contributed by atoms with E-state index in [0.29, 0.717) is 0 Å². The van der Waals surface area contributed by atoms with E-state index in [-0.39, 0.29) is 15.4 Å². The Hall–Kier alpha value is -0.880. The van der Waals surface area contributed by atoms with Crippen molar-refractivity contribution in [3.05, 3.63) is 22.4 Å². The number of hydrogen-bond donors (Lipinski definition) is 0. The van der Waals surface area contributed by atoms with Gasteiger partial charge in [0.2, 0.25) is 0 Å². The molecule has 0 spiro atoms. The number of fused-ring (bicyclic) bond motifs is 1. The van der Waals surface area contributed by atoms with Crippen LogP contribution in [0.5, 0.6) is 0 Å². The van der Waals surface area contributed by atoms with Crippen molar-refractivity contribution < 1.29 is 13.2 Å². The highest BCUT2D eigenvalue weighted by Gasteiger charge is 2.34. The molecular formula is C7H2ClF3N2S. The maximum atomic E-state index is 12.4. The van der Waals surface area contributed by atoms with Gasteiger partial charge in [0.25, 0.3) is 0 Å². The van der Waals surface area contributed by atoms with Crippen molar-refractivity contribution in [2.75, 3.05) is 0 Å². The summed E-state index contributed by atoms with van der Waals surface area (Å²) in [6.45, 7) is 0. The molecule has 2 rings (SSSR count). The lowest BCUT2D eigenvalue weighted by Gasteiger charge is -2.02. The minimum Gasteiger partial charge on any atom is -0.235 e. The van der Waals surface area contributed by atoms with Crippen molar-refractivity contribution in [3.63, 3.8) is 0 Å². The second-order valence-corrected chi connectivity index (χ2v) is 3.73. The first-order valence-corrected chi connectivity index (χ1v) is 4.71. The first-order valence-electron chi connectivity index (χ1n) is 3.45. The molecule has 0 saturated carbocycles. The van der Waals surface area contributed by atoms with Gasteiger partial charge in [-0.25, -0.2) is 9.97 Å². The van der Waals surface area contributed by atoms with Gasteiger partial charge in [0.15, 0.2) is 0 Å². The lowest BCUT2D eigenvalue weighted by molar-refractivity contribution is -0.136. The Bertz CT molecular complexity index is 479. The predicted octanol–water partition coefficient (Wildman–Crippen LogP) is 3.36. The number of thiophene rings is 1. The largest absolute Gasteiger partial charge is 0.419 e.